The summed E-state index contributed by atoms with van der Waals surface area (Å²) < 4.78 is 8.20. The van der Waals surface area contributed by atoms with Crippen LogP contribution < -0.4 is 0 Å². The topological polar surface area (TPSA) is 33.5 Å². The Morgan fingerprint density at radius 3 is 3.09 bits per heavy atom. The van der Waals surface area contributed by atoms with Crippen molar-refractivity contribution < 1.29 is 4.74 Å². The number of hydrogen-bond acceptors (Lipinski definition) is 5. The highest BCUT2D eigenvalue weighted by molar-refractivity contribution is 7.07. The van der Waals surface area contributed by atoms with Gasteiger partial charge in [-0.25, -0.2) is 4.98 Å². The third kappa shape index (κ3) is 4.88. The van der Waals surface area contributed by atoms with Crippen LogP contribution in [0, 0.1) is 5.92 Å². The number of likely N-dealkylation sites (N-methyl/N-ethyl adjacent to an activating group) is 1. The van der Waals surface area contributed by atoms with Gasteiger partial charge in [-0.2, -0.15) is 11.3 Å². The Morgan fingerprint density at radius 2 is 2.30 bits per heavy atom. The molecule has 5 nitrogen and oxygen atoms in total. The molecule has 0 fully saturated rings. The lowest BCUT2D eigenvalue weighted by Gasteiger charge is -2.23. The number of ether oxygens (including phenoxy) is 1. The maximum atomic E-state index is 5.91. The summed E-state index contributed by atoms with van der Waals surface area (Å²) in [5.41, 5.74) is 1.39. The average molecular weight is 334 g/mol. The smallest absolute Gasteiger partial charge is 0.122 e. The van der Waals surface area contributed by atoms with Gasteiger partial charge in [-0.15, -0.1) is 0 Å². The molecule has 3 rings (SSSR count). The Bertz CT molecular complexity index is 581. The summed E-state index contributed by atoms with van der Waals surface area (Å²) in [6.45, 7) is 6.54. The molecule has 0 saturated carbocycles. The minimum atomic E-state index is 0.506. The summed E-state index contributed by atoms with van der Waals surface area (Å²) in [5.74, 6) is 1.67. The molecular formula is C17H26N4OS. The van der Waals surface area contributed by atoms with Gasteiger partial charge in [0.25, 0.3) is 0 Å². The molecule has 2 aromatic heterocycles. The lowest BCUT2D eigenvalue weighted by atomic mass is 10.1. The molecular weight excluding hydrogens is 308 g/mol. The summed E-state index contributed by atoms with van der Waals surface area (Å²) in [7, 11) is 4.16. The number of aromatic nitrogens is 2. The maximum absolute atomic E-state index is 5.91. The summed E-state index contributed by atoms with van der Waals surface area (Å²) >= 11 is 1.76. The molecule has 1 aliphatic heterocycles. The largest absolute Gasteiger partial charge is 0.380 e. The third-order valence-corrected chi connectivity index (χ3v) is 4.89. The van der Waals surface area contributed by atoms with Gasteiger partial charge in [-0.1, -0.05) is 0 Å². The second-order valence-electron chi connectivity index (χ2n) is 6.54. The summed E-state index contributed by atoms with van der Waals surface area (Å²) in [5, 5.41) is 4.38. The van der Waals surface area contributed by atoms with E-state index >= 15 is 0 Å². The van der Waals surface area contributed by atoms with Crippen LogP contribution in [0.5, 0.6) is 0 Å². The zero-order chi connectivity index (χ0) is 16.1. The Hall–Kier alpha value is -1.21. The van der Waals surface area contributed by atoms with Crippen LogP contribution in [0.25, 0.3) is 0 Å². The fraction of sp³-hybridized carbons (Fsp3) is 0.588. The molecule has 1 unspecified atom stereocenters. The zero-order valence-electron chi connectivity index (χ0n) is 14.0. The molecule has 0 amide bonds. The molecule has 23 heavy (non-hydrogen) atoms. The van der Waals surface area contributed by atoms with Gasteiger partial charge in [0.05, 0.1) is 19.8 Å². The first-order valence-corrected chi connectivity index (χ1v) is 9.11. The number of hydrogen-bond donors (Lipinski definition) is 0. The second kappa shape index (κ2) is 8.06. The lowest BCUT2D eigenvalue weighted by molar-refractivity contribution is 0.0681. The van der Waals surface area contributed by atoms with Crippen LogP contribution in [0.2, 0.25) is 0 Å². The van der Waals surface area contributed by atoms with Crippen molar-refractivity contribution in [1.29, 1.82) is 0 Å². The molecule has 0 radical (unpaired) electrons. The number of nitrogens with zero attached hydrogens (tertiary/aromatic N) is 4. The predicted molar refractivity (Wildman–Crippen MR) is 93.5 cm³/mol. The van der Waals surface area contributed by atoms with Crippen LogP contribution >= 0.6 is 11.3 Å². The number of imidazole rings is 1. The maximum Gasteiger partial charge on any atom is 0.122 e. The van der Waals surface area contributed by atoms with E-state index in [9.17, 15) is 0 Å². The Labute approximate surface area is 142 Å². The van der Waals surface area contributed by atoms with Crippen LogP contribution in [0.15, 0.2) is 29.2 Å². The van der Waals surface area contributed by atoms with Crippen LogP contribution in [0.3, 0.4) is 0 Å². The average Bonchev–Trinajstić information content (AvgIpc) is 3.13. The van der Waals surface area contributed by atoms with Crippen LogP contribution in [0.4, 0.5) is 0 Å². The zero-order valence-corrected chi connectivity index (χ0v) is 14.8. The van der Waals surface area contributed by atoms with Gasteiger partial charge in [-0.3, -0.25) is 4.90 Å². The van der Waals surface area contributed by atoms with Crippen molar-refractivity contribution in [3.63, 3.8) is 0 Å². The molecule has 126 valence electrons. The molecule has 0 aromatic carbocycles. The molecule has 1 atom stereocenters. The monoisotopic (exact) mass is 334 g/mol. The first kappa shape index (κ1) is 16.6. The predicted octanol–water partition coefficient (Wildman–Crippen LogP) is 2.15. The highest BCUT2D eigenvalue weighted by Gasteiger charge is 2.22. The molecule has 0 aliphatic carbocycles. The highest BCUT2D eigenvalue weighted by atomic mass is 32.1. The van der Waals surface area contributed by atoms with E-state index in [0.29, 0.717) is 5.92 Å². The van der Waals surface area contributed by atoms with Gasteiger partial charge >= 0.3 is 0 Å². The van der Waals surface area contributed by atoms with Crippen LogP contribution in [-0.2, 0) is 24.4 Å². The van der Waals surface area contributed by atoms with E-state index in [1.54, 1.807) is 11.3 Å². The summed E-state index contributed by atoms with van der Waals surface area (Å²) in [4.78, 5) is 9.18. The van der Waals surface area contributed by atoms with Crippen LogP contribution in [0.1, 0.15) is 11.4 Å². The first-order valence-electron chi connectivity index (χ1n) is 8.16. The van der Waals surface area contributed by atoms with Crippen molar-refractivity contribution in [3.8, 4) is 0 Å². The van der Waals surface area contributed by atoms with E-state index in [4.69, 9.17) is 4.74 Å². The number of fused-ring (bicyclic) bond motifs is 1. The normalized spacial score (nSPS) is 19.0. The quantitative estimate of drug-likeness (QED) is 0.727. The van der Waals surface area contributed by atoms with Gasteiger partial charge in [0.1, 0.15) is 5.82 Å². The van der Waals surface area contributed by atoms with E-state index in [0.717, 1.165) is 51.8 Å². The van der Waals surface area contributed by atoms with Crippen molar-refractivity contribution in [3.05, 3.63) is 40.6 Å². The van der Waals surface area contributed by atoms with Gasteiger partial charge in [-0.05, 0) is 36.5 Å². The van der Waals surface area contributed by atoms with Gasteiger partial charge in [0.15, 0.2) is 0 Å². The Balaban J connectivity index is 1.60. The molecule has 0 bridgehead atoms. The van der Waals surface area contributed by atoms with Gasteiger partial charge in [0.2, 0.25) is 0 Å². The number of thiophene rings is 1. The lowest BCUT2D eigenvalue weighted by Crippen LogP contribution is -2.30. The Kier molecular flexibility index (Phi) is 5.83. The fourth-order valence-corrected chi connectivity index (χ4v) is 3.65. The summed E-state index contributed by atoms with van der Waals surface area (Å²) in [6.07, 6.45) is 4.00. The van der Waals surface area contributed by atoms with Gasteiger partial charge in [0, 0.05) is 44.5 Å². The van der Waals surface area contributed by atoms with Crippen LogP contribution in [-0.4, -0.2) is 59.7 Å². The standard InChI is InChI=1S/C17H26N4OS/c1-19(2)6-7-22-13-16-10-20(9-15-3-8-23-14-15)12-17-18-4-5-21(17)11-16/h3-5,8,14,16H,6-7,9-13H2,1-2H3. The Morgan fingerprint density at radius 1 is 1.39 bits per heavy atom. The first-order chi connectivity index (χ1) is 11.2. The second-order valence-corrected chi connectivity index (χ2v) is 7.32. The minimum absolute atomic E-state index is 0.506. The highest BCUT2D eigenvalue weighted by Crippen LogP contribution is 2.19. The third-order valence-electron chi connectivity index (χ3n) is 4.16. The van der Waals surface area contributed by atoms with E-state index < -0.39 is 0 Å². The van der Waals surface area contributed by atoms with E-state index in [1.807, 2.05) is 6.20 Å². The summed E-state index contributed by atoms with van der Waals surface area (Å²) in [6, 6.07) is 2.21. The molecule has 6 heteroatoms. The van der Waals surface area contributed by atoms with E-state index in [-0.39, 0.29) is 0 Å². The van der Waals surface area contributed by atoms with Crippen molar-refractivity contribution in [1.82, 2.24) is 19.4 Å². The molecule has 1 aliphatic rings. The van der Waals surface area contributed by atoms with Crippen molar-refractivity contribution >= 4 is 11.3 Å². The fourth-order valence-electron chi connectivity index (χ4n) is 2.99. The molecule has 3 heterocycles. The molecule has 2 aromatic rings. The van der Waals surface area contributed by atoms with Crippen molar-refractivity contribution in [2.75, 3.05) is 40.4 Å². The minimum Gasteiger partial charge on any atom is -0.380 e. The van der Waals surface area contributed by atoms with Crippen molar-refractivity contribution in [2.24, 2.45) is 5.92 Å². The SMILES string of the molecule is CN(C)CCOCC1CN(Cc2ccsc2)Cc2nccn2C1. The molecule has 0 saturated heterocycles. The molecule has 0 spiro atoms. The molecule has 0 N–H and O–H groups in total. The van der Waals surface area contributed by atoms with E-state index in [1.165, 1.54) is 5.56 Å². The van der Waals surface area contributed by atoms with Gasteiger partial charge < -0.3 is 14.2 Å². The number of rotatable bonds is 7. The van der Waals surface area contributed by atoms with E-state index in [2.05, 4.69) is 56.5 Å². The van der Waals surface area contributed by atoms with Crippen molar-refractivity contribution in [2.45, 2.75) is 19.6 Å².